The number of pyridine rings is 1. The number of Topliss-reactive ketones (excluding diaryl/α,β-unsaturated/α-hetero) is 1. The Morgan fingerprint density at radius 2 is 2.00 bits per heavy atom. The monoisotopic (exact) mass is 491 g/mol. The third-order valence-corrected chi connectivity index (χ3v) is 7.22. The van der Waals surface area contributed by atoms with Gasteiger partial charge in [0.15, 0.2) is 11.4 Å². The molecule has 36 heavy (non-hydrogen) atoms. The first-order chi connectivity index (χ1) is 17.2. The van der Waals surface area contributed by atoms with E-state index in [1.165, 1.54) is 30.7 Å². The Balaban J connectivity index is 1.61. The first kappa shape index (κ1) is 23.8. The molecule has 0 radical (unpaired) electrons. The van der Waals surface area contributed by atoms with Crippen LogP contribution in [0.2, 0.25) is 0 Å². The van der Waals surface area contributed by atoms with Crippen LogP contribution >= 0.6 is 0 Å². The van der Waals surface area contributed by atoms with E-state index in [4.69, 9.17) is 15.5 Å². The second-order valence-electron chi connectivity index (χ2n) is 9.46. The van der Waals surface area contributed by atoms with Crippen molar-refractivity contribution in [1.29, 1.82) is 0 Å². The van der Waals surface area contributed by atoms with Crippen molar-refractivity contribution < 1.29 is 23.8 Å². The molecule has 3 N–H and O–H groups in total. The molecule has 0 amide bonds. The molecule has 0 atom stereocenters. The zero-order valence-corrected chi connectivity index (χ0v) is 20.0. The first-order valence-corrected chi connectivity index (χ1v) is 11.7. The van der Waals surface area contributed by atoms with Crippen LogP contribution in [0.1, 0.15) is 54.6 Å². The van der Waals surface area contributed by atoms with E-state index >= 15 is 0 Å². The number of hydrogen-bond donors (Lipinski definition) is 2. The minimum absolute atomic E-state index is 0.131. The van der Waals surface area contributed by atoms with Gasteiger partial charge in [-0.05, 0) is 56.9 Å². The van der Waals surface area contributed by atoms with Crippen molar-refractivity contribution in [1.82, 2.24) is 19.6 Å². The molecule has 1 aliphatic rings. The number of carbonyl (C=O) groups is 2. The number of nitrogens with zero attached hydrogens (tertiary/aromatic N) is 4. The van der Waals surface area contributed by atoms with E-state index in [1.54, 1.807) is 18.5 Å². The zero-order chi connectivity index (χ0) is 25.6. The molecule has 10 heteroatoms. The summed E-state index contributed by atoms with van der Waals surface area (Å²) >= 11 is 0. The molecule has 1 aliphatic carbocycles. The number of methoxy groups -OCH3 is 1. The summed E-state index contributed by atoms with van der Waals surface area (Å²) in [6, 6.07) is 6.20. The van der Waals surface area contributed by atoms with E-state index in [2.05, 4.69) is 10.1 Å². The lowest BCUT2D eigenvalue weighted by Crippen LogP contribution is -2.39. The molecular weight excluding hydrogens is 465 g/mol. The SMILES string of the molecule is COC[C@]1(C(=O)O)CC[C@H](c2nc3c(-c4cnc5ccc(F)cc5c4)cnn3c(N)c2C(C)=O)CC1. The number of ether oxygens (including phenoxy) is 1. The van der Waals surface area contributed by atoms with Crippen LogP contribution in [0.15, 0.2) is 36.7 Å². The molecule has 0 unspecified atom stereocenters. The number of carbonyl (C=O) groups excluding carboxylic acids is 1. The van der Waals surface area contributed by atoms with E-state index < -0.39 is 11.4 Å². The second kappa shape index (κ2) is 8.94. The summed E-state index contributed by atoms with van der Waals surface area (Å²) in [5.41, 5.74) is 8.78. The number of aromatic nitrogens is 4. The Bertz CT molecular complexity index is 1510. The zero-order valence-electron chi connectivity index (χ0n) is 20.0. The highest BCUT2D eigenvalue weighted by Crippen LogP contribution is 2.45. The molecule has 3 aromatic heterocycles. The third kappa shape index (κ3) is 3.87. The van der Waals surface area contributed by atoms with Crippen LogP contribution in [0, 0.1) is 11.2 Å². The van der Waals surface area contributed by atoms with Crippen molar-refractivity contribution in [3.8, 4) is 11.1 Å². The fourth-order valence-electron chi connectivity index (χ4n) is 5.28. The van der Waals surface area contributed by atoms with Crippen LogP contribution < -0.4 is 5.73 Å². The van der Waals surface area contributed by atoms with Crippen molar-refractivity contribution in [3.05, 3.63) is 53.7 Å². The molecule has 5 rings (SSSR count). The summed E-state index contributed by atoms with van der Waals surface area (Å²) < 4.78 is 20.4. The maximum Gasteiger partial charge on any atom is 0.311 e. The van der Waals surface area contributed by atoms with Crippen LogP contribution in [-0.4, -0.2) is 50.2 Å². The van der Waals surface area contributed by atoms with Gasteiger partial charge in [0.1, 0.15) is 11.6 Å². The largest absolute Gasteiger partial charge is 0.481 e. The van der Waals surface area contributed by atoms with E-state index in [1.807, 2.05) is 6.07 Å². The predicted octanol–water partition coefficient (Wildman–Crippen LogP) is 4.24. The standard InChI is InChI=1S/C26H26FN5O4/c1-14(33)21-22(15-5-7-26(8-6-15,13-36-2)25(34)35)31-24-19(12-30-32(24)23(21)28)17-9-16-10-18(27)3-4-20(16)29-11-17/h3-4,9-12,15H,5-8,13,28H2,1-2H3,(H,34,35)/t15-,26-. The normalized spacial score (nSPS) is 20.1. The number of anilines is 1. The average Bonchev–Trinajstić information content (AvgIpc) is 3.28. The number of aliphatic carboxylic acids is 1. The summed E-state index contributed by atoms with van der Waals surface area (Å²) in [5.74, 6) is -1.44. The van der Waals surface area contributed by atoms with Gasteiger partial charge in [0.05, 0.1) is 35.0 Å². The summed E-state index contributed by atoms with van der Waals surface area (Å²) in [6.07, 6.45) is 5.12. The Hall–Kier alpha value is -3.92. The van der Waals surface area contributed by atoms with E-state index in [9.17, 15) is 19.1 Å². The summed E-state index contributed by atoms with van der Waals surface area (Å²) in [5, 5.41) is 14.8. The number of fused-ring (bicyclic) bond motifs is 2. The molecule has 0 saturated heterocycles. The summed E-state index contributed by atoms with van der Waals surface area (Å²) in [6.45, 7) is 1.57. The lowest BCUT2D eigenvalue weighted by Gasteiger charge is -2.36. The minimum Gasteiger partial charge on any atom is -0.481 e. The Labute approximate surface area is 206 Å². The van der Waals surface area contributed by atoms with Crippen LogP contribution in [0.25, 0.3) is 27.7 Å². The predicted molar refractivity (Wildman–Crippen MR) is 131 cm³/mol. The maximum atomic E-state index is 13.8. The molecule has 0 bridgehead atoms. The van der Waals surface area contributed by atoms with E-state index in [0.29, 0.717) is 64.6 Å². The van der Waals surface area contributed by atoms with Crippen LogP contribution in [0.4, 0.5) is 10.2 Å². The number of hydrogen-bond acceptors (Lipinski definition) is 7. The Kier molecular flexibility index (Phi) is 5.91. The van der Waals surface area contributed by atoms with Crippen LogP contribution in [-0.2, 0) is 9.53 Å². The lowest BCUT2D eigenvalue weighted by molar-refractivity contribution is -0.155. The van der Waals surface area contributed by atoms with Gasteiger partial charge in [-0.1, -0.05) is 0 Å². The Morgan fingerprint density at radius 1 is 1.25 bits per heavy atom. The summed E-state index contributed by atoms with van der Waals surface area (Å²) in [7, 11) is 1.50. The van der Waals surface area contributed by atoms with Gasteiger partial charge in [0, 0.05) is 35.7 Å². The summed E-state index contributed by atoms with van der Waals surface area (Å²) in [4.78, 5) is 33.9. The number of carboxylic acid groups (broad SMARTS) is 1. The number of nitrogen functional groups attached to an aromatic ring is 1. The maximum absolute atomic E-state index is 13.8. The van der Waals surface area contributed by atoms with Crippen LogP contribution in [0.3, 0.4) is 0 Å². The Morgan fingerprint density at radius 3 is 2.67 bits per heavy atom. The molecule has 0 aliphatic heterocycles. The number of nitrogens with two attached hydrogens (primary N) is 1. The molecule has 1 aromatic carbocycles. The average molecular weight is 492 g/mol. The fourth-order valence-corrected chi connectivity index (χ4v) is 5.28. The van der Waals surface area contributed by atoms with Crippen molar-refractivity contribution >= 4 is 34.1 Å². The molecule has 3 heterocycles. The van der Waals surface area contributed by atoms with Crippen molar-refractivity contribution in [2.24, 2.45) is 5.41 Å². The fraction of sp³-hybridized carbons (Fsp3) is 0.346. The molecule has 9 nitrogen and oxygen atoms in total. The van der Waals surface area contributed by atoms with Gasteiger partial charge in [0.25, 0.3) is 0 Å². The van der Waals surface area contributed by atoms with Crippen molar-refractivity contribution in [2.75, 3.05) is 19.5 Å². The van der Waals surface area contributed by atoms with Crippen molar-refractivity contribution in [3.63, 3.8) is 0 Å². The number of rotatable bonds is 6. The van der Waals surface area contributed by atoms with Crippen LogP contribution in [0.5, 0.6) is 0 Å². The highest BCUT2D eigenvalue weighted by atomic mass is 19.1. The first-order valence-electron chi connectivity index (χ1n) is 11.7. The van der Waals surface area contributed by atoms with Gasteiger partial charge in [0.2, 0.25) is 0 Å². The number of carboxylic acids is 1. The van der Waals surface area contributed by atoms with Gasteiger partial charge in [-0.25, -0.2) is 9.37 Å². The molecule has 0 spiro atoms. The molecule has 1 fully saturated rings. The lowest BCUT2D eigenvalue weighted by atomic mass is 9.69. The third-order valence-electron chi connectivity index (χ3n) is 7.22. The number of benzene rings is 1. The highest BCUT2D eigenvalue weighted by molar-refractivity contribution is 6.00. The molecule has 1 saturated carbocycles. The molecule has 4 aromatic rings. The van der Waals surface area contributed by atoms with Gasteiger partial charge in [-0.3, -0.25) is 14.6 Å². The topological polar surface area (TPSA) is 133 Å². The number of ketones is 1. The second-order valence-corrected chi connectivity index (χ2v) is 9.46. The van der Waals surface area contributed by atoms with Gasteiger partial charge >= 0.3 is 5.97 Å². The quantitative estimate of drug-likeness (QED) is 0.383. The highest BCUT2D eigenvalue weighted by Gasteiger charge is 2.43. The number of halogens is 1. The van der Waals surface area contributed by atoms with E-state index in [-0.39, 0.29) is 29.9 Å². The van der Waals surface area contributed by atoms with Crippen molar-refractivity contribution in [2.45, 2.75) is 38.5 Å². The molecule has 186 valence electrons. The smallest absolute Gasteiger partial charge is 0.311 e. The van der Waals surface area contributed by atoms with Gasteiger partial charge in [-0.2, -0.15) is 9.61 Å². The van der Waals surface area contributed by atoms with Gasteiger partial charge in [-0.15, -0.1) is 0 Å². The van der Waals surface area contributed by atoms with E-state index in [0.717, 1.165) is 0 Å². The van der Waals surface area contributed by atoms with Gasteiger partial charge < -0.3 is 15.6 Å². The minimum atomic E-state index is -0.953. The molecular formula is C26H26FN5O4.